The highest BCUT2D eigenvalue weighted by Crippen LogP contribution is 2.29. The van der Waals surface area contributed by atoms with Gasteiger partial charge in [0.25, 0.3) is 0 Å². The van der Waals surface area contributed by atoms with Gasteiger partial charge in [0.1, 0.15) is 5.75 Å². The van der Waals surface area contributed by atoms with E-state index in [4.69, 9.17) is 4.74 Å². The molecular formula is C15H25NO2. The fourth-order valence-electron chi connectivity index (χ4n) is 2.25. The zero-order valence-electron chi connectivity index (χ0n) is 12.4. The number of nitrogens with zero attached hydrogens (tertiary/aromatic N) is 1. The summed E-state index contributed by atoms with van der Waals surface area (Å²) in [6.07, 6.45) is 0. The Hall–Kier alpha value is -1.22. The number of benzene rings is 1. The SMILES string of the molecule is COc1c(C)cc(N(C)CC(C)(C)CO)cc1C. The average molecular weight is 251 g/mol. The molecule has 0 amide bonds. The molecule has 0 aliphatic carbocycles. The second kappa shape index (κ2) is 5.61. The summed E-state index contributed by atoms with van der Waals surface area (Å²) in [7, 11) is 3.76. The predicted octanol–water partition coefficient (Wildman–Crippen LogP) is 2.77. The first-order valence-corrected chi connectivity index (χ1v) is 6.28. The third-order valence-corrected chi connectivity index (χ3v) is 3.18. The molecular weight excluding hydrogens is 226 g/mol. The van der Waals surface area contributed by atoms with Crippen molar-refractivity contribution in [1.29, 1.82) is 0 Å². The van der Waals surface area contributed by atoms with Gasteiger partial charge in [-0.05, 0) is 37.1 Å². The van der Waals surface area contributed by atoms with E-state index in [1.54, 1.807) is 7.11 Å². The van der Waals surface area contributed by atoms with E-state index in [2.05, 4.69) is 51.8 Å². The molecule has 0 heterocycles. The van der Waals surface area contributed by atoms with Crippen molar-refractivity contribution in [2.45, 2.75) is 27.7 Å². The van der Waals surface area contributed by atoms with Gasteiger partial charge in [0.2, 0.25) is 0 Å². The zero-order chi connectivity index (χ0) is 13.9. The Morgan fingerprint density at radius 3 is 2.11 bits per heavy atom. The summed E-state index contributed by atoms with van der Waals surface area (Å²) in [4.78, 5) is 2.18. The van der Waals surface area contributed by atoms with Crippen LogP contribution in [-0.4, -0.2) is 32.4 Å². The van der Waals surface area contributed by atoms with E-state index in [1.807, 2.05) is 0 Å². The van der Waals surface area contributed by atoms with Crippen molar-refractivity contribution in [2.75, 3.05) is 32.2 Å². The molecule has 1 aromatic rings. The molecule has 0 saturated heterocycles. The molecule has 0 radical (unpaired) electrons. The van der Waals surface area contributed by atoms with E-state index >= 15 is 0 Å². The van der Waals surface area contributed by atoms with Crippen LogP contribution in [0.4, 0.5) is 5.69 Å². The number of aryl methyl sites for hydroxylation is 2. The van der Waals surface area contributed by atoms with Gasteiger partial charge in [-0.2, -0.15) is 0 Å². The first-order chi connectivity index (χ1) is 8.30. The molecule has 1 N–H and O–H groups in total. The molecule has 18 heavy (non-hydrogen) atoms. The summed E-state index contributed by atoms with van der Waals surface area (Å²) in [5.41, 5.74) is 3.34. The fraction of sp³-hybridized carbons (Fsp3) is 0.600. The molecule has 0 saturated carbocycles. The maximum atomic E-state index is 9.33. The number of ether oxygens (including phenoxy) is 1. The highest BCUT2D eigenvalue weighted by Gasteiger charge is 2.20. The molecule has 0 unspecified atom stereocenters. The summed E-state index contributed by atoms with van der Waals surface area (Å²) in [5, 5.41) is 9.33. The molecule has 3 nitrogen and oxygen atoms in total. The molecule has 0 bridgehead atoms. The van der Waals surface area contributed by atoms with Gasteiger partial charge < -0.3 is 14.7 Å². The number of rotatable bonds is 5. The van der Waals surface area contributed by atoms with Crippen molar-refractivity contribution in [2.24, 2.45) is 5.41 Å². The highest BCUT2D eigenvalue weighted by molar-refractivity contribution is 5.56. The molecule has 0 atom stereocenters. The Labute approximate surface area is 110 Å². The van der Waals surface area contributed by atoms with Crippen LogP contribution in [0.3, 0.4) is 0 Å². The molecule has 0 aliphatic heterocycles. The number of methoxy groups -OCH3 is 1. The van der Waals surface area contributed by atoms with Crippen LogP contribution in [-0.2, 0) is 0 Å². The maximum Gasteiger partial charge on any atom is 0.124 e. The number of anilines is 1. The van der Waals surface area contributed by atoms with Crippen molar-refractivity contribution < 1.29 is 9.84 Å². The van der Waals surface area contributed by atoms with Crippen LogP contribution >= 0.6 is 0 Å². The summed E-state index contributed by atoms with van der Waals surface area (Å²) in [6.45, 7) is 9.24. The average Bonchev–Trinajstić information content (AvgIpc) is 2.28. The number of hydrogen-bond acceptors (Lipinski definition) is 3. The standard InChI is InChI=1S/C15H25NO2/c1-11-7-13(8-12(2)14(11)18-6)16(5)9-15(3,4)10-17/h7-8,17H,9-10H2,1-6H3. The number of hydrogen-bond donors (Lipinski definition) is 1. The van der Waals surface area contributed by atoms with Gasteiger partial charge in [0.15, 0.2) is 0 Å². The van der Waals surface area contributed by atoms with Crippen LogP contribution in [0.5, 0.6) is 5.75 Å². The van der Waals surface area contributed by atoms with Gasteiger partial charge in [-0.3, -0.25) is 0 Å². The van der Waals surface area contributed by atoms with Gasteiger partial charge in [0.05, 0.1) is 7.11 Å². The first-order valence-electron chi connectivity index (χ1n) is 6.28. The van der Waals surface area contributed by atoms with Crippen LogP contribution in [0.15, 0.2) is 12.1 Å². The predicted molar refractivity (Wildman–Crippen MR) is 76.6 cm³/mol. The Kier molecular flexibility index (Phi) is 4.63. The molecule has 0 spiro atoms. The highest BCUT2D eigenvalue weighted by atomic mass is 16.5. The van der Waals surface area contributed by atoms with Gasteiger partial charge in [-0.15, -0.1) is 0 Å². The van der Waals surface area contributed by atoms with Crippen LogP contribution in [0.2, 0.25) is 0 Å². The van der Waals surface area contributed by atoms with Gasteiger partial charge >= 0.3 is 0 Å². The monoisotopic (exact) mass is 251 g/mol. The summed E-state index contributed by atoms with van der Waals surface area (Å²) < 4.78 is 5.37. The Balaban J connectivity index is 2.97. The second-order valence-corrected chi connectivity index (χ2v) is 5.79. The smallest absolute Gasteiger partial charge is 0.124 e. The zero-order valence-corrected chi connectivity index (χ0v) is 12.4. The molecule has 102 valence electrons. The summed E-state index contributed by atoms with van der Waals surface area (Å²) in [5.74, 6) is 0.952. The van der Waals surface area contributed by atoms with Gasteiger partial charge in [-0.25, -0.2) is 0 Å². The molecule has 1 aromatic carbocycles. The van der Waals surface area contributed by atoms with E-state index in [9.17, 15) is 5.11 Å². The van der Waals surface area contributed by atoms with Crippen LogP contribution < -0.4 is 9.64 Å². The van der Waals surface area contributed by atoms with Crippen molar-refractivity contribution in [3.05, 3.63) is 23.3 Å². The Morgan fingerprint density at radius 2 is 1.72 bits per heavy atom. The lowest BCUT2D eigenvalue weighted by Gasteiger charge is -2.30. The minimum absolute atomic E-state index is 0.101. The van der Waals surface area contributed by atoms with Crippen LogP contribution in [0, 0.1) is 19.3 Å². The molecule has 0 fully saturated rings. The van der Waals surface area contributed by atoms with E-state index in [0.29, 0.717) is 0 Å². The van der Waals surface area contributed by atoms with Crippen molar-refractivity contribution in [3.63, 3.8) is 0 Å². The van der Waals surface area contributed by atoms with E-state index < -0.39 is 0 Å². The van der Waals surface area contributed by atoms with Crippen LogP contribution in [0.25, 0.3) is 0 Å². The molecule has 3 heteroatoms. The van der Waals surface area contributed by atoms with Crippen LogP contribution in [0.1, 0.15) is 25.0 Å². The first kappa shape index (κ1) is 14.8. The topological polar surface area (TPSA) is 32.7 Å². The largest absolute Gasteiger partial charge is 0.496 e. The van der Waals surface area contributed by atoms with Gasteiger partial charge in [-0.1, -0.05) is 13.8 Å². The minimum atomic E-state index is -0.101. The molecule has 1 rings (SSSR count). The molecule has 0 aliphatic rings. The number of aliphatic hydroxyl groups is 1. The Bertz CT molecular complexity index is 390. The van der Waals surface area contributed by atoms with Crippen molar-refractivity contribution in [1.82, 2.24) is 0 Å². The lowest BCUT2D eigenvalue weighted by molar-refractivity contribution is 0.165. The Morgan fingerprint density at radius 1 is 1.22 bits per heavy atom. The summed E-state index contributed by atoms with van der Waals surface area (Å²) in [6, 6.07) is 4.25. The summed E-state index contributed by atoms with van der Waals surface area (Å²) >= 11 is 0. The lowest BCUT2D eigenvalue weighted by Crippen LogP contribution is -2.33. The number of aliphatic hydroxyl groups excluding tert-OH is 1. The van der Waals surface area contributed by atoms with E-state index in [-0.39, 0.29) is 12.0 Å². The fourth-order valence-corrected chi connectivity index (χ4v) is 2.25. The van der Waals surface area contributed by atoms with Crippen molar-refractivity contribution >= 4 is 5.69 Å². The van der Waals surface area contributed by atoms with E-state index in [1.165, 1.54) is 0 Å². The second-order valence-electron chi connectivity index (χ2n) is 5.79. The van der Waals surface area contributed by atoms with Crippen molar-refractivity contribution in [3.8, 4) is 5.75 Å². The minimum Gasteiger partial charge on any atom is -0.496 e. The molecule has 0 aromatic heterocycles. The quantitative estimate of drug-likeness (QED) is 0.873. The van der Waals surface area contributed by atoms with E-state index in [0.717, 1.165) is 29.1 Å². The third-order valence-electron chi connectivity index (χ3n) is 3.18. The lowest BCUT2D eigenvalue weighted by atomic mass is 9.94. The third kappa shape index (κ3) is 3.39. The normalized spacial score (nSPS) is 11.5. The maximum absolute atomic E-state index is 9.33. The van der Waals surface area contributed by atoms with Gasteiger partial charge in [0, 0.05) is 31.3 Å².